The maximum absolute atomic E-state index is 15.3. The van der Waals surface area contributed by atoms with Crippen LogP contribution in [0.3, 0.4) is 0 Å². The summed E-state index contributed by atoms with van der Waals surface area (Å²) in [6.07, 6.45) is 0. The Morgan fingerprint density at radius 2 is 0.607 bits per heavy atom. The Kier molecular flexibility index (Phi) is 6.26. The standard InChI is InChI=1S/C50H30N4O2/c55-49-45-46(50(56)54(49)34-29-27-33(28-30-34)51-39-23-11-7-19-35(39)36-20-8-12-24-40(36)51)48-44(38-22-10-14-26-42(38)53(48)32-17-5-2-6-18-32)43-37-21-9-13-25-41(37)52(47(43)45)31-15-3-1-4-16-31/h1-30H. The molecule has 2 amide bonds. The Bertz CT molecular complexity index is 3240. The van der Waals surface area contributed by atoms with Gasteiger partial charge in [-0.25, -0.2) is 4.90 Å². The zero-order valence-corrected chi connectivity index (χ0v) is 29.9. The average Bonchev–Trinajstić information content (AvgIpc) is 3.96. The van der Waals surface area contributed by atoms with E-state index in [1.54, 1.807) is 0 Å². The summed E-state index contributed by atoms with van der Waals surface area (Å²) in [4.78, 5) is 32.0. The van der Waals surface area contributed by atoms with Crippen LogP contribution in [-0.2, 0) is 0 Å². The van der Waals surface area contributed by atoms with E-state index in [1.165, 1.54) is 15.7 Å². The molecule has 0 spiro atoms. The first-order valence-electron chi connectivity index (χ1n) is 18.8. The molecule has 4 heterocycles. The highest BCUT2D eigenvalue weighted by molar-refractivity contribution is 6.45. The number of anilines is 1. The largest absolute Gasteiger partial charge is 0.309 e. The molecule has 6 heteroatoms. The minimum absolute atomic E-state index is 0.341. The molecule has 56 heavy (non-hydrogen) atoms. The lowest BCUT2D eigenvalue weighted by Gasteiger charge is -2.16. The van der Waals surface area contributed by atoms with Crippen LogP contribution < -0.4 is 4.90 Å². The van der Waals surface area contributed by atoms with E-state index in [1.807, 2.05) is 84.9 Å². The van der Waals surface area contributed by atoms with Crippen molar-refractivity contribution in [3.63, 3.8) is 0 Å². The fourth-order valence-electron chi connectivity index (χ4n) is 9.31. The van der Waals surface area contributed by atoms with E-state index >= 15 is 9.59 Å². The molecule has 12 rings (SSSR count). The lowest BCUT2D eigenvalue weighted by molar-refractivity contribution is 0.0927. The zero-order valence-electron chi connectivity index (χ0n) is 29.9. The Morgan fingerprint density at radius 1 is 0.286 bits per heavy atom. The van der Waals surface area contributed by atoms with Gasteiger partial charge in [0.05, 0.1) is 49.9 Å². The number of rotatable bonds is 4. The third kappa shape index (κ3) is 3.99. The molecule has 0 aliphatic carbocycles. The van der Waals surface area contributed by atoms with Crippen LogP contribution in [0.5, 0.6) is 0 Å². The Morgan fingerprint density at radius 3 is 1.04 bits per heavy atom. The van der Waals surface area contributed by atoms with Gasteiger partial charge in [0.25, 0.3) is 11.8 Å². The SMILES string of the molecule is O=C1c2c(c3c(c4ccccc4n3-c3ccccc3)c3c4ccccc4n(-c4ccccc4)c23)C(=O)N1c1ccc(-n2c3ccccc3c3ccccc32)cc1. The van der Waals surface area contributed by atoms with E-state index in [0.29, 0.717) is 16.8 Å². The molecule has 1 aliphatic rings. The van der Waals surface area contributed by atoms with E-state index < -0.39 is 0 Å². The first-order valence-corrected chi connectivity index (χ1v) is 18.8. The normalized spacial score (nSPS) is 13.0. The molecule has 0 fully saturated rings. The summed E-state index contributed by atoms with van der Waals surface area (Å²) in [7, 11) is 0. The van der Waals surface area contributed by atoms with Gasteiger partial charge in [-0.2, -0.15) is 0 Å². The first kappa shape index (κ1) is 30.7. The van der Waals surface area contributed by atoms with Crippen LogP contribution in [-0.4, -0.2) is 25.5 Å². The smallest absolute Gasteiger partial charge is 0.268 e. The van der Waals surface area contributed by atoms with Crippen LogP contribution >= 0.6 is 0 Å². The minimum Gasteiger partial charge on any atom is -0.309 e. The van der Waals surface area contributed by atoms with Crippen LogP contribution in [0, 0.1) is 0 Å². The van der Waals surface area contributed by atoms with Gasteiger partial charge in [-0.15, -0.1) is 0 Å². The van der Waals surface area contributed by atoms with Crippen molar-refractivity contribution in [2.75, 3.05) is 4.90 Å². The highest BCUT2D eigenvalue weighted by Crippen LogP contribution is 2.48. The number of fused-ring (bicyclic) bond motifs is 13. The van der Waals surface area contributed by atoms with Crippen molar-refractivity contribution in [1.29, 1.82) is 0 Å². The number of carbonyl (C=O) groups excluding carboxylic acids is 2. The van der Waals surface area contributed by atoms with E-state index in [9.17, 15) is 0 Å². The van der Waals surface area contributed by atoms with Crippen molar-refractivity contribution in [2.24, 2.45) is 0 Å². The second kappa shape index (κ2) is 11.4. The third-order valence-corrected chi connectivity index (χ3v) is 11.5. The van der Waals surface area contributed by atoms with E-state index in [4.69, 9.17) is 0 Å². The second-order valence-electron chi connectivity index (χ2n) is 14.4. The maximum Gasteiger partial charge on any atom is 0.268 e. The Labute approximate surface area is 320 Å². The number of hydrogen-bond acceptors (Lipinski definition) is 2. The van der Waals surface area contributed by atoms with Crippen molar-refractivity contribution in [3.05, 3.63) is 193 Å². The fraction of sp³-hybridized carbons (Fsp3) is 0. The summed E-state index contributed by atoms with van der Waals surface area (Å²) < 4.78 is 6.57. The molecule has 0 saturated carbocycles. The number of imide groups is 1. The lowest BCUT2D eigenvalue weighted by Crippen LogP contribution is -2.29. The summed E-state index contributed by atoms with van der Waals surface area (Å²) >= 11 is 0. The van der Waals surface area contributed by atoms with Crippen LogP contribution in [0.4, 0.5) is 5.69 Å². The molecule has 0 bridgehead atoms. The number of carbonyl (C=O) groups is 2. The molecule has 0 saturated heterocycles. The summed E-state index contributed by atoms with van der Waals surface area (Å²) in [5, 5.41) is 6.28. The van der Waals surface area contributed by atoms with Crippen molar-refractivity contribution < 1.29 is 9.59 Å². The predicted octanol–water partition coefficient (Wildman–Crippen LogP) is 11.8. The molecule has 0 radical (unpaired) electrons. The quantitative estimate of drug-likeness (QED) is 0.170. The summed E-state index contributed by atoms with van der Waals surface area (Å²) in [6, 6.07) is 61.4. The van der Waals surface area contributed by atoms with E-state index in [-0.39, 0.29) is 11.8 Å². The number of para-hydroxylation sites is 6. The first-order chi connectivity index (χ1) is 27.7. The molecule has 3 aromatic heterocycles. The number of benzene rings is 8. The Balaban J connectivity index is 1.17. The zero-order chi connectivity index (χ0) is 37.1. The third-order valence-electron chi connectivity index (χ3n) is 11.5. The van der Waals surface area contributed by atoms with Gasteiger partial charge in [-0.1, -0.05) is 109 Å². The Hall–Kier alpha value is -7.70. The van der Waals surface area contributed by atoms with Gasteiger partial charge < -0.3 is 13.7 Å². The van der Waals surface area contributed by atoms with Gasteiger partial charge in [-0.3, -0.25) is 9.59 Å². The van der Waals surface area contributed by atoms with Crippen molar-refractivity contribution >= 4 is 82.9 Å². The van der Waals surface area contributed by atoms with Gasteiger partial charge in [-0.05, 0) is 72.8 Å². The molecule has 0 atom stereocenters. The monoisotopic (exact) mass is 718 g/mol. The van der Waals surface area contributed by atoms with Crippen LogP contribution in [0.15, 0.2) is 182 Å². The summed E-state index contributed by atoms with van der Waals surface area (Å²) in [5.74, 6) is -0.683. The second-order valence-corrected chi connectivity index (χ2v) is 14.4. The number of nitrogens with zero attached hydrogens (tertiary/aromatic N) is 4. The summed E-state index contributed by atoms with van der Waals surface area (Å²) in [6.45, 7) is 0. The highest BCUT2D eigenvalue weighted by Gasteiger charge is 2.43. The number of hydrogen-bond donors (Lipinski definition) is 0. The van der Waals surface area contributed by atoms with Gasteiger partial charge >= 0.3 is 0 Å². The molecule has 0 unspecified atom stereocenters. The van der Waals surface area contributed by atoms with E-state index in [0.717, 1.165) is 71.7 Å². The molecule has 6 nitrogen and oxygen atoms in total. The molecule has 8 aromatic carbocycles. The maximum atomic E-state index is 15.3. The predicted molar refractivity (Wildman–Crippen MR) is 227 cm³/mol. The van der Waals surface area contributed by atoms with Crippen molar-refractivity contribution in [2.45, 2.75) is 0 Å². The highest BCUT2D eigenvalue weighted by atomic mass is 16.2. The summed E-state index contributed by atoms with van der Waals surface area (Å²) in [5.41, 5.74) is 9.70. The van der Waals surface area contributed by atoms with Crippen molar-refractivity contribution in [1.82, 2.24) is 13.7 Å². The van der Waals surface area contributed by atoms with Crippen LogP contribution in [0.1, 0.15) is 20.7 Å². The minimum atomic E-state index is -0.341. The topological polar surface area (TPSA) is 52.2 Å². The molecule has 1 aliphatic heterocycles. The molecular weight excluding hydrogens is 689 g/mol. The van der Waals surface area contributed by atoms with Crippen LogP contribution in [0.2, 0.25) is 0 Å². The molecule has 262 valence electrons. The average molecular weight is 719 g/mol. The van der Waals surface area contributed by atoms with Gasteiger partial charge in [0, 0.05) is 49.4 Å². The fourth-order valence-corrected chi connectivity index (χ4v) is 9.31. The lowest BCUT2D eigenvalue weighted by atomic mass is 9.98. The van der Waals surface area contributed by atoms with Gasteiger partial charge in [0.15, 0.2) is 0 Å². The number of amides is 2. The van der Waals surface area contributed by atoms with Crippen LogP contribution in [0.25, 0.3) is 82.5 Å². The van der Waals surface area contributed by atoms with E-state index in [2.05, 4.69) is 111 Å². The molecular formula is C50H30N4O2. The molecule has 0 N–H and O–H groups in total. The number of aromatic nitrogens is 3. The molecule has 11 aromatic rings. The van der Waals surface area contributed by atoms with Gasteiger partial charge in [0.1, 0.15) is 0 Å². The van der Waals surface area contributed by atoms with Gasteiger partial charge in [0.2, 0.25) is 0 Å². The van der Waals surface area contributed by atoms with Crippen molar-refractivity contribution in [3.8, 4) is 17.1 Å².